The number of halogens is 1. The third kappa shape index (κ3) is 1.80. The lowest BCUT2D eigenvalue weighted by molar-refractivity contribution is 0.342. The number of ether oxygens (including phenoxy) is 2. The highest BCUT2D eigenvalue weighted by atomic mass is 79.9. The van der Waals surface area contributed by atoms with Crippen LogP contribution in [-0.2, 0) is 6.42 Å². The highest BCUT2D eigenvalue weighted by Gasteiger charge is 2.16. The monoisotopic (exact) mass is 242 g/mol. The second-order valence-corrected chi connectivity index (χ2v) is 3.66. The molecule has 0 aliphatic carbocycles. The normalized spacial score (nSPS) is 13.6. The molecule has 1 aromatic carbocycles. The largest absolute Gasteiger partial charge is 0.493 e. The predicted molar refractivity (Wildman–Crippen MR) is 54.9 cm³/mol. The number of rotatable bonds is 3. The third-order valence-corrected chi connectivity index (χ3v) is 2.36. The molecule has 2 rings (SSSR count). The summed E-state index contributed by atoms with van der Waals surface area (Å²) in [6.07, 6.45) is 0.966. The molecule has 0 spiro atoms. The van der Waals surface area contributed by atoms with Crippen LogP contribution in [0.4, 0.5) is 0 Å². The Kier molecular flexibility index (Phi) is 2.74. The second kappa shape index (κ2) is 4.01. The first kappa shape index (κ1) is 8.88. The molecule has 0 saturated heterocycles. The van der Waals surface area contributed by atoms with Gasteiger partial charge in [-0.15, -0.1) is 0 Å². The molecule has 0 unspecified atom stereocenters. The molecule has 0 atom stereocenters. The van der Waals surface area contributed by atoms with E-state index >= 15 is 0 Å². The van der Waals surface area contributed by atoms with Crippen molar-refractivity contribution in [3.05, 3.63) is 23.8 Å². The number of hydrogen-bond donors (Lipinski definition) is 0. The maximum absolute atomic E-state index is 5.57. The number of alkyl halides is 1. The molecular formula is C10H11BrO2. The summed E-state index contributed by atoms with van der Waals surface area (Å²) in [4.78, 5) is 0. The molecule has 3 heteroatoms. The summed E-state index contributed by atoms with van der Waals surface area (Å²) in [5.41, 5.74) is 1.21. The molecule has 70 valence electrons. The van der Waals surface area contributed by atoms with E-state index in [1.807, 2.05) is 18.2 Å². The van der Waals surface area contributed by atoms with E-state index in [-0.39, 0.29) is 0 Å². The average Bonchev–Trinajstić information content (AvgIpc) is 2.62. The summed E-state index contributed by atoms with van der Waals surface area (Å²) in [5, 5.41) is 0.859. The van der Waals surface area contributed by atoms with Gasteiger partial charge in [0, 0.05) is 17.3 Å². The van der Waals surface area contributed by atoms with E-state index < -0.39 is 0 Å². The Morgan fingerprint density at radius 2 is 2.38 bits per heavy atom. The molecule has 1 aromatic rings. The Morgan fingerprint density at radius 3 is 3.23 bits per heavy atom. The van der Waals surface area contributed by atoms with Crippen LogP contribution >= 0.6 is 15.9 Å². The molecule has 0 saturated carbocycles. The van der Waals surface area contributed by atoms with Gasteiger partial charge in [0.2, 0.25) is 0 Å². The highest BCUT2D eigenvalue weighted by Crippen LogP contribution is 2.32. The average molecular weight is 243 g/mol. The standard InChI is InChI=1S/C10H11BrO2/c11-5-7-13-10-3-1-2-9-8(10)4-6-12-9/h1-3H,4-7H2. The van der Waals surface area contributed by atoms with E-state index in [4.69, 9.17) is 9.47 Å². The van der Waals surface area contributed by atoms with Gasteiger partial charge in [0.15, 0.2) is 0 Å². The molecule has 1 aliphatic heterocycles. The van der Waals surface area contributed by atoms with Crippen LogP contribution in [0.3, 0.4) is 0 Å². The van der Waals surface area contributed by atoms with Crippen LogP contribution in [0, 0.1) is 0 Å². The fourth-order valence-corrected chi connectivity index (χ4v) is 1.64. The molecule has 0 N–H and O–H groups in total. The molecule has 0 bridgehead atoms. The van der Waals surface area contributed by atoms with Gasteiger partial charge in [-0.2, -0.15) is 0 Å². The number of benzene rings is 1. The quantitative estimate of drug-likeness (QED) is 0.759. The molecule has 0 fully saturated rings. The molecule has 1 heterocycles. The minimum atomic E-state index is 0.705. The van der Waals surface area contributed by atoms with Crippen LogP contribution in [0.25, 0.3) is 0 Å². The van der Waals surface area contributed by atoms with Crippen LogP contribution in [0.15, 0.2) is 18.2 Å². The fourth-order valence-electron chi connectivity index (χ4n) is 1.47. The van der Waals surface area contributed by atoms with Gasteiger partial charge in [-0.05, 0) is 12.1 Å². The van der Waals surface area contributed by atoms with E-state index in [1.165, 1.54) is 5.56 Å². The molecule has 0 radical (unpaired) electrons. The van der Waals surface area contributed by atoms with Gasteiger partial charge in [-0.25, -0.2) is 0 Å². The van der Waals surface area contributed by atoms with Gasteiger partial charge >= 0.3 is 0 Å². The summed E-state index contributed by atoms with van der Waals surface area (Å²) in [5.74, 6) is 1.95. The molecule has 13 heavy (non-hydrogen) atoms. The lowest BCUT2D eigenvalue weighted by Gasteiger charge is -2.07. The van der Waals surface area contributed by atoms with Gasteiger partial charge in [-0.1, -0.05) is 22.0 Å². The van der Waals surface area contributed by atoms with Crippen molar-refractivity contribution in [3.8, 4) is 11.5 Å². The SMILES string of the molecule is BrCCOc1cccc2c1CCO2. The van der Waals surface area contributed by atoms with Gasteiger partial charge in [0.25, 0.3) is 0 Å². The molecule has 0 aromatic heterocycles. The van der Waals surface area contributed by atoms with Crippen LogP contribution in [0.5, 0.6) is 11.5 Å². The summed E-state index contributed by atoms with van der Waals surface area (Å²) in [6.45, 7) is 1.49. The first-order chi connectivity index (χ1) is 6.42. The second-order valence-electron chi connectivity index (χ2n) is 2.87. The zero-order valence-electron chi connectivity index (χ0n) is 7.25. The number of hydrogen-bond acceptors (Lipinski definition) is 2. The molecular weight excluding hydrogens is 232 g/mol. The van der Waals surface area contributed by atoms with E-state index in [0.29, 0.717) is 6.61 Å². The van der Waals surface area contributed by atoms with Crippen molar-refractivity contribution >= 4 is 15.9 Å². The summed E-state index contributed by atoms with van der Waals surface area (Å²) >= 11 is 3.33. The van der Waals surface area contributed by atoms with Crippen molar-refractivity contribution in [3.63, 3.8) is 0 Å². The van der Waals surface area contributed by atoms with E-state index in [9.17, 15) is 0 Å². The minimum Gasteiger partial charge on any atom is -0.493 e. The third-order valence-electron chi connectivity index (χ3n) is 2.03. The first-order valence-electron chi connectivity index (χ1n) is 4.35. The Bertz CT molecular complexity index is 299. The topological polar surface area (TPSA) is 18.5 Å². The van der Waals surface area contributed by atoms with E-state index in [2.05, 4.69) is 15.9 Å². The van der Waals surface area contributed by atoms with Gasteiger partial charge in [0.05, 0.1) is 13.2 Å². The van der Waals surface area contributed by atoms with Crippen molar-refractivity contribution < 1.29 is 9.47 Å². The Morgan fingerprint density at radius 1 is 1.46 bits per heavy atom. The van der Waals surface area contributed by atoms with Gasteiger partial charge in [0.1, 0.15) is 11.5 Å². The van der Waals surface area contributed by atoms with Gasteiger partial charge < -0.3 is 9.47 Å². The maximum atomic E-state index is 5.57. The predicted octanol–water partition coefficient (Wildman–Crippen LogP) is 2.40. The van der Waals surface area contributed by atoms with Crippen molar-refractivity contribution in [2.45, 2.75) is 6.42 Å². The Hall–Kier alpha value is -0.700. The molecule has 2 nitrogen and oxygen atoms in total. The lowest BCUT2D eigenvalue weighted by Crippen LogP contribution is -1.99. The minimum absolute atomic E-state index is 0.705. The Balaban J connectivity index is 2.20. The summed E-state index contributed by atoms with van der Waals surface area (Å²) < 4.78 is 11.0. The summed E-state index contributed by atoms with van der Waals surface area (Å²) in [6, 6.07) is 5.95. The highest BCUT2D eigenvalue weighted by molar-refractivity contribution is 9.09. The zero-order valence-corrected chi connectivity index (χ0v) is 8.84. The van der Waals surface area contributed by atoms with Crippen molar-refractivity contribution in [2.24, 2.45) is 0 Å². The van der Waals surface area contributed by atoms with Crippen LogP contribution in [0.2, 0.25) is 0 Å². The molecule has 1 aliphatic rings. The maximum Gasteiger partial charge on any atom is 0.126 e. The van der Waals surface area contributed by atoms with Crippen molar-refractivity contribution in [1.82, 2.24) is 0 Å². The molecule has 0 amide bonds. The zero-order chi connectivity index (χ0) is 9.10. The van der Waals surface area contributed by atoms with Crippen LogP contribution in [0.1, 0.15) is 5.56 Å². The summed E-state index contributed by atoms with van der Waals surface area (Å²) in [7, 11) is 0. The van der Waals surface area contributed by atoms with Crippen LogP contribution < -0.4 is 9.47 Å². The first-order valence-corrected chi connectivity index (χ1v) is 5.47. The van der Waals surface area contributed by atoms with E-state index in [1.54, 1.807) is 0 Å². The van der Waals surface area contributed by atoms with E-state index in [0.717, 1.165) is 29.9 Å². The smallest absolute Gasteiger partial charge is 0.126 e. The van der Waals surface area contributed by atoms with Crippen LogP contribution in [-0.4, -0.2) is 18.5 Å². The number of fused-ring (bicyclic) bond motifs is 1. The Labute approximate surface area is 86.0 Å². The van der Waals surface area contributed by atoms with Crippen molar-refractivity contribution in [2.75, 3.05) is 18.5 Å². The fraction of sp³-hybridized carbons (Fsp3) is 0.400. The lowest BCUT2D eigenvalue weighted by atomic mass is 10.1. The van der Waals surface area contributed by atoms with Gasteiger partial charge in [-0.3, -0.25) is 0 Å². The van der Waals surface area contributed by atoms with Crippen molar-refractivity contribution in [1.29, 1.82) is 0 Å².